The molecule has 0 amide bonds. The number of carboxylic acid groups (broad SMARTS) is 1. The quantitative estimate of drug-likeness (QED) is 0.525. The van der Waals surface area contributed by atoms with Crippen LogP contribution < -0.4 is 0 Å². The van der Waals surface area contributed by atoms with Crippen molar-refractivity contribution in [1.29, 1.82) is 0 Å². The fraction of sp³-hybridized carbons (Fsp3) is 0.500. The molecule has 0 aromatic rings. The maximum atomic E-state index is 10.3. The van der Waals surface area contributed by atoms with E-state index in [2.05, 4.69) is 0 Å². The number of hydrogen-bond acceptors (Lipinski definition) is 3. The highest BCUT2D eigenvalue weighted by Crippen LogP contribution is 2.12. The summed E-state index contributed by atoms with van der Waals surface area (Å²) in [7, 11) is 1.52. The number of carboxylic acids is 1. The van der Waals surface area contributed by atoms with E-state index < -0.39 is 5.97 Å². The third kappa shape index (κ3) is 4.54. The minimum Gasteiger partial charge on any atom is -0.493 e. The number of rotatable bonds is 6. The van der Waals surface area contributed by atoms with Crippen molar-refractivity contribution in [2.45, 2.75) is 20.3 Å². The first kappa shape index (κ1) is 12.6. The van der Waals surface area contributed by atoms with Crippen LogP contribution in [0.15, 0.2) is 23.7 Å². The Morgan fingerprint density at radius 3 is 2.43 bits per heavy atom. The summed E-state index contributed by atoms with van der Waals surface area (Å²) in [6.07, 6.45) is 4.26. The maximum absolute atomic E-state index is 10.3. The number of hydrogen-bond donors (Lipinski definition) is 1. The Labute approximate surface area is 83.8 Å². The van der Waals surface area contributed by atoms with Crippen molar-refractivity contribution in [3.05, 3.63) is 23.7 Å². The smallest absolute Gasteiger partial charge is 0.341 e. The molecule has 4 nitrogen and oxygen atoms in total. The third-order valence-corrected chi connectivity index (χ3v) is 1.47. The van der Waals surface area contributed by atoms with Gasteiger partial charge in [-0.25, -0.2) is 4.79 Å². The maximum Gasteiger partial charge on any atom is 0.341 e. The van der Waals surface area contributed by atoms with Crippen LogP contribution in [-0.2, 0) is 14.3 Å². The van der Waals surface area contributed by atoms with E-state index in [9.17, 15) is 4.79 Å². The lowest BCUT2D eigenvalue weighted by Crippen LogP contribution is -2.08. The second-order valence-corrected chi connectivity index (χ2v) is 2.52. The van der Waals surface area contributed by atoms with Crippen molar-refractivity contribution < 1.29 is 19.4 Å². The van der Waals surface area contributed by atoms with Crippen molar-refractivity contribution in [2.24, 2.45) is 0 Å². The van der Waals surface area contributed by atoms with Gasteiger partial charge in [-0.3, -0.25) is 0 Å². The predicted molar refractivity (Wildman–Crippen MR) is 52.7 cm³/mol. The van der Waals surface area contributed by atoms with Crippen LogP contribution in [0.3, 0.4) is 0 Å². The van der Waals surface area contributed by atoms with Crippen LogP contribution in [0.4, 0.5) is 0 Å². The summed E-state index contributed by atoms with van der Waals surface area (Å²) < 4.78 is 10.1. The topological polar surface area (TPSA) is 55.8 Å². The van der Waals surface area contributed by atoms with Gasteiger partial charge in [0.05, 0.1) is 7.11 Å². The molecule has 0 atom stereocenters. The minimum atomic E-state index is -1.00. The van der Waals surface area contributed by atoms with Gasteiger partial charge in [-0.1, -0.05) is 6.92 Å². The van der Waals surface area contributed by atoms with Gasteiger partial charge in [0.1, 0.15) is 0 Å². The number of ether oxygens (including phenoxy) is 2. The molecule has 1 N–H and O–H groups in total. The first-order valence-electron chi connectivity index (χ1n) is 4.41. The molecule has 0 bridgehead atoms. The second kappa shape index (κ2) is 7.00. The number of methoxy groups -OCH3 is 1. The van der Waals surface area contributed by atoms with Crippen molar-refractivity contribution in [3.63, 3.8) is 0 Å². The van der Waals surface area contributed by atoms with Crippen LogP contribution in [0.2, 0.25) is 0 Å². The molecule has 0 aromatic carbocycles. The summed E-state index contributed by atoms with van der Waals surface area (Å²) in [6.45, 7) is 3.38. The molecule has 0 radical (unpaired) electrons. The fourth-order valence-electron chi connectivity index (χ4n) is 0.916. The first-order valence-corrected chi connectivity index (χ1v) is 4.41. The highest BCUT2D eigenvalue weighted by Gasteiger charge is 2.07. The summed E-state index contributed by atoms with van der Waals surface area (Å²) in [5.74, 6) is 0.0200. The van der Waals surface area contributed by atoms with E-state index >= 15 is 0 Å². The molecular weight excluding hydrogens is 184 g/mol. The summed E-state index contributed by atoms with van der Waals surface area (Å²) in [6, 6.07) is 0. The van der Waals surface area contributed by atoms with Crippen LogP contribution in [0.1, 0.15) is 20.3 Å². The van der Waals surface area contributed by atoms with Gasteiger partial charge in [0, 0.05) is 0 Å². The van der Waals surface area contributed by atoms with Gasteiger partial charge < -0.3 is 14.6 Å². The Bertz CT molecular complexity index is 241. The van der Waals surface area contributed by atoms with E-state index in [1.54, 1.807) is 19.1 Å². The lowest BCUT2D eigenvalue weighted by molar-refractivity contribution is -0.140. The summed E-state index contributed by atoms with van der Waals surface area (Å²) in [5.41, 5.74) is 0. The SMILES string of the molecule is C/C=C(OC)\C(=C/CC)OCC(=O)O. The Hall–Kier alpha value is -1.45. The van der Waals surface area contributed by atoms with Crippen LogP contribution in [0.5, 0.6) is 0 Å². The summed E-state index contributed by atoms with van der Waals surface area (Å²) in [5, 5.41) is 8.45. The molecule has 0 aliphatic heterocycles. The molecular formula is C10H16O4. The van der Waals surface area contributed by atoms with Gasteiger partial charge in [0.15, 0.2) is 18.1 Å². The minimum absolute atomic E-state index is 0.355. The zero-order chi connectivity index (χ0) is 11.0. The van der Waals surface area contributed by atoms with Crippen LogP contribution in [-0.4, -0.2) is 24.8 Å². The van der Waals surface area contributed by atoms with Gasteiger partial charge >= 0.3 is 5.97 Å². The lowest BCUT2D eigenvalue weighted by atomic mass is 10.3. The van der Waals surface area contributed by atoms with Gasteiger partial charge in [0.25, 0.3) is 0 Å². The molecule has 0 unspecified atom stereocenters. The van der Waals surface area contributed by atoms with E-state index in [4.69, 9.17) is 14.6 Å². The second-order valence-electron chi connectivity index (χ2n) is 2.52. The number of aliphatic carboxylic acids is 1. The summed E-state index contributed by atoms with van der Waals surface area (Å²) in [4.78, 5) is 10.3. The number of carbonyl (C=O) groups is 1. The average Bonchev–Trinajstić information content (AvgIpc) is 2.15. The van der Waals surface area contributed by atoms with Crippen LogP contribution in [0, 0.1) is 0 Å². The third-order valence-electron chi connectivity index (χ3n) is 1.47. The zero-order valence-electron chi connectivity index (χ0n) is 8.74. The van der Waals surface area contributed by atoms with Crippen molar-refractivity contribution in [1.82, 2.24) is 0 Å². The standard InChI is InChI=1S/C10H16O4/c1-4-6-9(8(5-2)13-3)14-7-10(11)12/h5-6H,4,7H2,1-3H3,(H,11,12)/b8-5+,9-6+. The van der Waals surface area contributed by atoms with Gasteiger partial charge in [-0.2, -0.15) is 0 Å². The van der Waals surface area contributed by atoms with Crippen molar-refractivity contribution in [2.75, 3.05) is 13.7 Å². The van der Waals surface area contributed by atoms with Crippen molar-refractivity contribution in [3.8, 4) is 0 Å². The van der Waals surface area contributed by atoms with Gasteiger partial charge in [-0.15, -0.1) is 0 Å². The molecule has 0 spiro atoms. The Morgan fingerprint density at radius 2 is 2.07 bits per heavy atom. The highest BCUT2D eigenvalue weighted by molar-refractivity contribution is 5.68. The summed E-state index contributed by atoms with van der Waals surface area (Å²) >= 11 is 0. The lowest BCUT2D eigenvalue weighted by Gasteiger charge is -2.10. The van der Waals surface area contributed by atoms with Crippen LogP contribution >= 0.6 is 0 Å². The molecule has 0 rings (SSSR count). The predicted octanol–water partition coefficient (Wildman–Crippen LogP) is 1.93. The molecule has 0 saturated heterocycles. The normalized spacial score (nSPS) is 12.5. The first-order chi connectivity index (χ1) is 6.65. The molecule has 14 heavy (non-hydrogen) atoms. The van der Waals surface area contributed by atoms with Crippen LogP contribution in [0.25, 0.3) is 0 Å². The van der Waals surface area contributed by atoms with E-state index in [0.29, 0.717) is 11.5 Å². The van der Waals surface area contributed by atoms with E-state index in [-0.39, 0.29) is 6.61 Å². The number of allylic oxidation sites excluding steroid dienone is 2. The molecule has 0 aromatic heterocycles. The monoisotopic (exact) mass is 200 g/mol. The molecule has 0 aliphatic rings. The molecule has 4 heteroatoms. The molecule has 80 valence electrons. The Morgan fingerprint density at radius 1 is 1.43 bits per heavy atom. The fourth-order valence-corrected chi connectivity index (χ4v) is 0.916. The van der Waals surface area contributed by atoms with E-state index in [1.807, 2.05) is 6.92 Å². The van der Waals surface area contributed by atoms with E-state index in [0.717, 1.165) is 6.42 Å². The molecule has 0 fully saturated rings. The highest BCUT2D eigenvalue weighted by atomic mass is 16.5. The van der Waals surface area contributed by atoms with Gasteiger partial charge in [-0.05, 0) is 25.5 Å². The van der Waals surface area contributed by atoms with E-state index in [1.165, 1.54) is 7.11 Å². The molecule has 0 saturated carbocycles. The Kier molecular flexibility index (Phi) is 6.28. The molecule has 0 aliphatic carbocycles. The zero-order valence-corrected chi connectivity index (χ0v) is 8.74. The largest absolute Gasteiger partial charge is 0.493 e. The Balaban J connectivity index is 4.44. The van der Waals surface area contributed by atoms with Crippen molar-refractivity contribution >= 4 is 5.97 Å². The van der Waals surface area contributed by atoms with Gasteiger partial charge in [0.2, 0.25) is 0 Å². The molecule has 0 heterocycles. The average molecular weight is 200 g/mol.